The van der Waals surface area contributed by atoms with Gasteiger partial charge in [0.1, 0.15) is 6.17 Å². The molecule has 0 saturated carbocycles. The molecule has 1 amide bonds. The monoisotopic (exact) mass is 274 g/mol. The molecule has 2 unspecified atom stereocenters. The molecule has 110 valence electrons. The first kappa shape index (κ1) is 15.0. The topological polar surface area (TPSA) is 32.3 Å². The van der Waals surface area contributed by atoms with E-state index in [1.165, 1.54) is 5.56 Å². The maximum atomic E-state index is 12.6. The summed E-state index contributed by atoms with van der Waals surface area (Å²) in [4.78, 5) is 14.6. The highest BCUT2D eigenvalue weighted by Gasteiger charge is 2.38. The summed E-state index contributed by atoms with van der Waals surface area (Å²) in [6, 6.07) is 10.3. The summed E-state index contributed by atoms with van der Waals surface area (Å²) < 4.78 is 0. The van der Waals surface area contributed by atoms with E-state index in [-0.39, 0.29) is 18.1 Å². The lowest BCUT2D eigenvalue weighted by molar-refractivity contribution is -0.130. The van der Waals surface area contributed by atoms with Gasteiger partial charge in [-0.2, -0.15) is 0 Å². The highest BCUT2D eigenvalue weighted by Crippen LogP contribution is 2.27. The number of carbonyl (C=O) groups is 1. The van der Waals surface area contributed by atoms with Crippen LogP contribution in [0.15, 0.2) is 30.3 Å². The van der Waals surface area contributed by atoms with Crippen LogP contribution in [0.5, 0.6) is 0 Å². The van der Waals surface area contributed by atoms with Crippen LogP contribution in [-0.4, -0.2) is 23.4 Å². The fourth-order valence-electron chi connectivity index (χ4n) is 2.79. The largest absolute Gasteiger partial charge is 0.321 e. The molecule has 2 rings (SSSR count). The smallest absolute Gasteiger partial charge is 0.241 e. The van der Waals surface area contributed by atoms with Gasteiger partial charge in [-0.15, -0.1) is 0 Å². The Labute approximate surface area is 122 Å². The first-order valence-electron chi connectivity index (χ1n) is 7.75. The van der Waals surface area contributed by atoms with Crippen molar-refractivity contribution in [3.05, 3.63) is 35.9 Å². The number of hydrogen-bond acceptors (Lipinski definition) is 2. The number of hydrogen-bond donors (Lipinski definition) is 1. The summed E-state index contributed by atoms with van der Waals surface area (Å²) in [5.41, 5.74) is 1.18. The van der Waals surface area contributed by atoms with Gasteiger partial charge in [0.05, 0.1) is 6.04 Å². The summed E-state index contributed by atoms with van der Waals surface area (Å²) in [7, 11) is 0. The van der Waals surface area contributed by atoms with Crippen molar-refractivity contribution in [2.75, 3.05) is 6.54 Å². The van der Waals surface area contributed by atoms with Crippen LogP contribution < -0.4 is 5.32 Å². The minimum Gasteiger partial charge on any atom is -0.321 e. The van der Waals surface area contributed by atoms with Crippen LogP contribution in [0.4, 0.5) is 0 Å². The van der Waals surface area contributed by atoms with Gasteiger partial charge in [0, 0.05) is 6.54 Å². The lowest BCUT2D eigenvalue weighted by Crippen LogP contribution is -2.34. The molecule has 1 heterocycles. The van der Waals surface area contributed by atoms with Crippen LogP contribution in [-0.2, 0) is 4.79 Å². The van der Waals surface area contributed by atoms with Gasteiger partial charge >= 0.3 is 0 Å². The normalized spacial score (nSPS) is 22.8. The summed E-state index contributed by atoms with van der Waals surface area (Å²) in [5, 5.41) is 3.52. The van der Waals surface area contributed by atoms with Gasteiger partial charge in [0.2, 0.25) is 5.91 Å². The highest BCUT2D eigenvalue weighted by atomic mass is 16.2. The summed E-state index contributed by atoms with van der Waals surface area (Å²) in [6.45, 7) is 7.30. The predicted molar refractivity (Wildman–Crippen MR) is 82.2 cm³/mol. The molecule has 0 bridgehead atoms. The van der Waals surface area contributed by atoms with E-state index in [1.807, 2.05) is 23.1 Å². The summed E-state index contributed by atoms with van der Waals surface area (Å²) in [5.74, 6) is 0.748. The first-order chi connectivity index (χ1) is 9.63. The molecule has 1 fully saturated rings. The lowest BCUT2D eigenvalue weighted by atomic mass is 10.1. The van der Waals surface area contributed by atoms with Crippen molar-refractivity contribution in [3.8, 4) is 0 Å². The van der Waals surface area contributed by atoms with E-state index >= 15 is 0 Å². The molecule has 1 aromatic rings. The number of benzene rings is 1. The average molecular weight is 274 g/mol. The van der Waals surface area contributed by atoms with Crippen molar-refractivity contribution in [2.24, 2.45) is 5.92 Å². The second kappa shape index (κ2) is 6.89. The third-order valence-corrected chi connectivity index (χ3v) is 3.78. The van der Waals surface area contributed by atoms with Crippen molar-refractivity contribution in [3.63, 3.8) is 0 Å². The molecule has 1 N–H and O–H groups in total. The van der Waals surface area contributed by atoms with Crippen LogP contribution in [0.1, 0.15) is 51.8 Å². The van der Waals surface area contributed by atoms with Gasteiger partial charge in [-0.05, 0) is 17.9 Å². The zero-order valence-electron chi connectivity index (χ0n) is 12.8. The third-order valence-electron chi connectivity index (χ3n) is 3.78. The molecular weight excluding hydrogens is 248 g/mol. The molecule has 0 aromatic heterocycles. The number of nitrogens with zero attached hydrogens (tertiary/aromatic N) is 1. The standard InChI is InChI=1S/C17H26N2O/c1-4-5-11-15-17(20)19(12-13(2)3)16(18-15)14-9-7-6-8-10-14/h6-10,13,15-16,18H,4-5,11-12H2,1-3H3. The molecule has 1 aromatic carbocycles. The minimum absolute atomic E-state index is 0.0149. The van der Waals surface area contributed by atoms with E-state index in [1.54, 1.807) is 0 Å². The maximum absolute atomic E-state index is 12.6. The second-order valence-electron chi connectivity index (χ2n) is 6.06. The first-order valence-corrected chi connectivity index (χ1v) is 7.75. The van der Waals surface area contributed by atoms with E-state index < -0.39 is 0 Å². The molecule has 3 heteroatoms. The van der Waals surface area contributed by atoms with E-state index in [0.29, 0.717) is 5.92 Å². The van der Waals surface area contributed by atoms with Crippen LogP contribution >= 0.6 is 0 Å². The maximum Gasteiger partial charge on any atom is 0.241 e. The van der Waals surface area contributed by atoms with Gasteiger partial charge in [-0.3, -0.25) is 10.1 Å². The van der Waals surface area contributed by atoms with Crippen LogP contribution in [0, 0.1) is 5.92 Å². The molecule has 0 aliphatic carbocycles. The number of nitrogens with one attached hydrogen (secondary N) is 1. The van der Waals surface area contributed by atoms with Gasteiger partial charge in [0.15, 0.2) is 0 Å². The SMILES string of the molecule is CCCCC1NC(c2ccccc2)N(CC(C)C)C1=O. The Bertz CT molecular complexity index is 430. The molecule has 0 spiro atoms. The van der Waals surface area contributed by atoms with Crippen molar-refractivity contribution in [1.82, 2.24) is 10.2 Å². The Morgan fingerprint density at radius 3 is 2.55 bits per heavy atom. The molecule has 20 heavy (non-hydrogen) atoms. The predicted octanol–water partition coefficient (Wildman–Crippen LogP) is 3.33. The zero-order valence-corrected chi connectivity index (χ0v) is 12.8. The van der Waals surface area contributed by atoms with E-state index in [4.69, 9.17) is 0 Å². The average Bonchev–Trinajstić information content (AvgIpc) is 2.74. The Hall–Kier alpha value is -1.35. The van der Waals surface area contributed by atoms with E-state index in [0.717, 1.165) is 25.8 Å². The Balaban J connectivity index is 2.17. The van der Waals surface area contributed by atoms with Crippen molar-refractivity contribution >= 4 is 5.91 Å². The molecule has 1 saturated heterocycles. The Kier molecular flexibility index (Phi) is 5.18. The molecule has 2 atom stereocenters. The van der Waals surface area contributed by atoms with Crippen LogP contribution in [0.3, 0.4) is 0 Å². The summed E-state index contributed by atoms with van der Waals surface area (Å²) in [6.07, 6.45) is 3.20. The Morgan fingerprint density at radius 1 is 1.25 bits per heavy atom. The van der Waals surface area contributed by atoms with Gasteiger partial charge < -0.3 is 4.90 Å². The molecule has 1 aliphatic rings. The van der Waals surface area contributed by atoms with Gasteiger partial charge in [-0.25, -0.2) is 0 Å². The second-order valence-corrected chi connectivity index (χ2v) is 6.06. The van der Waals surface area contributed by atoms with Crippen molar-refractivity contribution < 1.29 is 4.79 Å². The highest BCUT2D eigenvalue weighted by molar-refractivity contribution is 5.84. The zero-order chi connectivity index (χ0) is 14.5. The molecular formula is C17H26N2O. The Morgan fingerprint density at radius 2 is 1.95 bits per heavy atom. The molecule has 0 radical (unpaired) electrons. The number of unbranched alkanes of at least 4 members (excludes halogenated alkanes) is 1. The minimum atomic E-state index is -0.0149. The fourth-order valence-corrected chi connectivity index (χ4v) is 2.79. The quantitative estimate of drug-likeness (QED) is 0.863. The van der Waals surface area contributed by atoms with Gasteiger partial charge in [-0.1, -0.05) is 63.9 Å². The van der Waals surface area contributed by atoms with E-state index in [2.05, 4.69) is 38.2 Å². The number of carbonyl (C=O) groups excluding carboxylic acids is 1. The summed E-state index contributed by atoms with van der Waals surface area (Å²) >= 11 is 0. The fraction of sp³-hybridized carbons (Fsp3) is 0.588. The molecule has 3 nitrogen and oxygen atoms in total. The van der Waals surface area contributed by atoms with Crippen LogP contribution in [0.2, 0.25) is 0 Å². The molecule has 1 aliphatic heterocycles. The lowest BCUT2D eigenvalue weighted by Gasteiger charge is -2.26. The number of amides is 1. The van der Waals surface area contributed by atoms with Crippen molar-refractivity contribution in [1.29, 1.82) is 0 Å². The van der Waals surface area contributed by atoms with Crippen molar-refractivity contribution in [2.45, 2.75) is 52.2 Å². The van der Waals surface area contributed by atoms with Gasteiger partial charge in [0.25, 0.3) is 0 Å². The number of rotatable bonds is 6. The van der Waals surface area contributed by atoms with Crippen LogP contribution in [0.25, 0.3) is 0 Å². The van der Waals surface area contributed by atoms with E-state index in [9.17, 15) is 4.79 Å². The third kappa shape index (κ3) is 3.40.